The average molecular weight is 348 g/mol. The smallest absolute Gasteiger partial charge is 0.416 e. The minimum atomic E-state index is -4.36. The van der Waals surface area contributed by atoms with Gasteiger partial charge in [-0.3, -0.25) is 0 Å². The van der Waals surface area contributed by atoms with Gasteiger partial charge >= 0.3 is 6.18 Å². The molecule has 0 amide bonds. The quantitative estimate of drug-likeness (QED) is 0.762. The van der Waals surface area contributed by atoms with Crippen LogP contribution in [0.4, 0.5) is 13.2 Å². The first-order valence-corrected chi connectivity index (χ1v) is 7.57. The highest BCUT2D eigenvalue weighted by Gasteiger charge is 2.30. The van der Waals surface area contributed by atoms with E-state index in [4.69, 9.17) is 4.42 Å². The summed E-state index contributed by atoms with van der Waals surface area (Å²) in [4.78, 5) is 0. The van der Waals surface area contributed by atoms with E-state index in [1.54, 1.807) is 31.2 Å². The summed E-state index contributed by atoms with van der Waals surface area (Å²) in [6.45, 7) is 1.66. The largest absolute Gasteiger partial charge is 0.425 e. The number of alkyl halides is 3. The minimum Gasteiger partial charge on any atom is -0.425 e. The molecule has 1 atom stereocenters. The van der Waals surface area contributed by atoms with Crippen molar-refractivity contribution in [1.82, 2.24) is 10.2 Å². The molecule has 4 nitrogen and oxygen atoms in total. The lowest BCUT2D eigenvalue weighted by atomic mass is 9.98. The molecule has 0 bridgehead atoms. The molecule has 0 spiro atoms. The Morgan fingerprint density at radius 2 is 1.76 bits per heavy atom. The van der Waals surface area contributed by atoms with Crippen molar-refractivity contribution in [2.45, 2.75) is 25.6 Å². The van der Waals surface area contributed by atoms with Crippen LogP contribution in [-0.2, 0) is 12.6 Å². The van der Waals surface area contributed by atoms with Gasteiger partial charge in [0.15, 0.2) is 0 Å². The number of halogens is 3. The normalized spacial score (nSPS) is 13.0. The van der Waals surface area contributed by atoms with Crippen LogP contribution < -0.4 is 0 Å². The Morgan fingerprint density at radius 3 is 2.36 bits per heavy atom. The lowest BCUT2D eigenvalue weighted by Gasteiger charge is -2.11. The van der Waals surface area contributed by atoms with E-state index in [1.165, 1.54) is 12.1 Å². The van der Waals surface area contributed by atoms with Gasteiger partial charge in [-0.05, 0) is 34.9 Å². The molecule has 0 unspecified atom stereocenters. The standard InChI is InChI=1S/C18H15F3N2O2/c1-11-22-23-17(25-11)10-16(24)14-4-2-3-13(9-14)12-5-7-15(8-6-12)18(19,20)21/h2-9,16,24H,10H2,1H3/t16-/m1/s1. The van der Waals surface area contributed by atoms with Crippen LogP contribution in [0.3, 0.4) is 0 Å². The van der Waals surface area contributed by atoms with E-state index in [9.17, 15) is 18.3 Å². The molecule has 0 aliphatic heterocycles. The maximum atomic E-state index is 12.6. The summed E-state index contributed by atoms with van der Waals surface area (Å²) >= 11 is 0. The molecule has 2 aromatic carbocycles. The van der Waals surface area contributed by atoms with E-state index in [-0.39, 0.29) is 6.42 Å². The molecule has 0 saturated carbocycles. The number of aromatic nitrogens is 2. The Kier molecular flexibility index (Phi) is 4.59. The second kappa shape index (κ2) is 6.68. The summed E-state index contributed by atoms with van der Waals surface area (Å²) in [5.74, 6) is 0.741. The Labute approximate surface area is 141 Å². The Balaban J connectivity index is 1.81. The topological polar surface area (TPSA) is 59.2 Å². The van der Waals surface area contributed by atoms with Crippen molar-refractivity contribution in [1.29, 1.82) is 0 Å². The second-order valence-electron chi connectivity index (χ2n) is 5.64. The molecule has 1 heterocycles. The summed E-state index contributed by atoms with van der Waals surface area (Å²) < 4.78 is 43.2. The Morgan fingerprint density at radius 1 is 1.04 bits per heavy atom. The van der Waals surface area contributed by atoms with E-state index < -0.39 is 17.8 Å². The molecule has 0 aliphatic rings. The Hall–Kier alpha value is -2.67. The van der Waals surface area contributed by atoms with E-state index >= 15 is 0 Å². The van der Waals surface area contributed by atoms with Crippen LogP contribution in [0.15, 0.2) is 52.9 Å². The minimum absolute atomic E-state index is 0.164. The van der Waals surface area contributed by atoms with Crippen LogP contribution in [0.2, 0.25) is 0 Å². The van der Waals surface area contributed by atoms with E-state index in [0.717, 1.165) is 12.1 Å². The van der Waals surface area contributed by atoms with Gasteiger partial charge in [0.05, 0.1) is 18.1 Å². The third-order valence-electron chi connectivity index (χ3n) is 3.75. The zero-order valence-electron chi connectivity index (χ0n) is 13.3. The van der Waals surface area contributed by atoms with Gasteiger partial charge in [0.1, 0.15) is 0 Å². The molecule has 7 heteroatoms. The maximum absolute atomic E-state index is 12.6. The van der Waals surface area contributed by atoms with Crippen molar-refractivity contribution in [2.24, 2.45) is 0 Å². The van der Waals surface area contributed by atoms with Gasteiger partial charge < -0.3 is 9.52 Å². The molecule has 3 aromatic rings. The highest BCUT2D eigenvalue weighted by molar-refractivity contribution is 5.64. The number of rotatable bonds is 4. The van der Waals surface area contributed by atoms with Crippen molar-refractivity contribution in [3.63, 3.8) is 0 Å². The second-order valence-corrected chi connectivity index (χ2v) is 5.64. The summed E-state index contributed by atoms with van der Waals surface area (Å²) in [7, 11) is 0. The van der Waals surface area contributed by atoms with Crippen molar-refractivity contribution in [2.75, 3.05) is 0 Å². The Bertz CT molecular complexity index is 857. The zero-order chi connectivity index (χ0) is 18.0. The predicted octanol–water partition coefficient (Wildman–Crippen LogP) is 4.34. The van der Waals surface area contributed by atoms with Crippen LogP contribution in [0.5, 0.6) is 0 Å². The third-order valence-corrected chi connectivity index (χ3v) is 3.75. The van der Waals surface area contributed by atoms with Gasteiger partial charge in [-0.1, -0.05) is 30.3 Å². The van der Waals surface area contributed by atoms with Crippen LogP contribution in [0.25, 0.3) is 11.1 Å². The lowest BCUT2D eigenvalue weighted by Crippen LogP contribution is -2.04. The number of hydrogen-bond donors (Lipinski definition) is 1. The summed E-state index contributed by atoms with van der Waals surface area (Å²) in [5, 5.41) is 17.9. The summed E-state index contributed by atoms with van der Waals surface area (Å²) in [6, 6.07) is 11.9. The van der Waals surface area contributed by atoms with Crippen molar-refractivity contribution in [3.05, 3.63) is 71.4 Å². The first-order chi connectivity index (χ1) is 11.8. The molecule has 1 aromatic heterocycles. The van der Waals surface area contributed by atoms with Gasteiger partial charge in [0.2, 0.25) is 11.8 Å². The van der Waals surface area contributed by atoms with Gasteiger partial charge in [0.25, 0.3) is 0 Å². The van der Waals surface area contributed by atoms with Gasteiger partial charge in [-0.15, -0.1) is 10.2 Å². The maximum Gasteiger partial charge on any atom is 0.416 e. The molecule has 0 saturated heterocycles. The molecule has 1 N–H and O–H groups in total. The van der Waals surface area contributed by atoms with Crippen LogP contribution in [0.1, 0.15) is 29.0 Å². The number of aryl methyl sites for hydroxylation is 1. The van der Waals surface area contributed by atoms with Crippen LogP contribution >= 0.6 is 0 Å². The first-order valence-electron chi connectivity index (χ1n) is 7.57. The molecule has 25 heavy (non-hydrogen) atoms. The van der Waals surface area contributed by atoms with Crippen LogP contribution in [-0.4, -0.2) is 15.3 Å². The van der Waals surface area contributed by atoms with Crippen molar-refractivity contribution >= 4 is 0 Å². The van der Waals surface area contributed by atoms with Crippen molar-refractivity contribution in [3.8, 4) is 11.1 Å². The van der Waals surface area contributed by atoms with E-state index in [2.05, 4.69) is 10.2 Å². The predicted molar refractivity (Wildman–Crippen MR) is 84.6 cm³/mol. The molecule has 0 aliphatic carbocycles. The van der Waals surface area contributed by atoms with Gasteiger partial charge in [-0.25, -0.2) is 0 Å². The number of benzene rings is 2. The van der Waals surface area contributed by atoms with Crippen molar-refractivity contribution < 1.29 is 22.7 Å². The fourth-order valence-electron chi connectivity index (χ4n) is 2.48. The van der Waals surface area contributed by atoms with Gasteiger partial charge in [0, 0.05) is 6.92 Å². The zero-order valence-corrected chi connectivity index (χ0v) is 13.3. The number of aliphatic hydroxyl groups excluding tert-OH is 1. The molecule has 3 rings (SSSR count). The monoisotopic (exact) mass is 348 g/mol. The van der Waals surface area contributed by atoms with Gasteiger partial charge in [-0.2, -0.15) is 13.2 Å². The molecule has 0 fully saturated rings. The summed E-state index contributed by atoms with van der Waals surface area (Å²) in [6.07, 6.45) is -5.05. The molecular formula is C18H15F3N2O2. The SMILES string of the molecule is Cc1nnc(C[C@@H](O)c2cccc(-c3ccc(C(F)(F)F)cc3)c2)o1. The summed E-state index contributed by atoms with van der Waals surface area (Å²) in [5.41, 5.74) is 1.27. The number of hydrogen-bond acceptors (Lipinski definition) is 4. The van der Waals surface area contributed by atoms with Crippen LogP contribution in [0, 0.1) is 6.92 Å². The number of nitrogens with zero attached hydrogens (tertiary/aromatic N) is 2. The molecular weight excluding hydrogens is 333 g/mol. The lowest BCUT2D eigenvalue weighted by molar-refractivity contribution is -0.137. The first kappa shape index (κ1) is 17.2. The van der Waals surface area contributed by atoms with E-state index in [1.807, 2.05) is 0 Å². The average Bonchev–Trinajstić information content (AvgIpc) is 2.99. The fraction of sp³-hybridized carbons (Fsp3) is 0.222. The highest BCUT2D eigenvalue weighted by Crippen LogP contribution is 2.31. The van der Waals surface area contributed by atoms with E-state index in [0.29, 0.717) is 28.5 Å². The highest BCUT2D eigenvalue weighted by atomic mass is 19.4. The fourth-order valence-corrected chi connectivity index (χ4v) is 2.48. The number of aliphatic hydroxyl groups is 1. The molecule has 0 radical (unpaired) electrons. The third kappa shape index (κ3) is 4.06. The molecule has 130 valence electrons.